The molecule has 2 aromatic rings. The Morgan fingerprint density at radius 2 is 2.00 bits per heavy atom. The van der Waals surface area contributed by atoms with Crippen LogP contribution in [0.4, 0.5) is 0 Å². The van der Waals surface area contributed by atoms with Gasteiger partial charge in [-0.05, 0) is 52.7 Å². The predicted octanol–water partition coefficient (Wildman–Crippen LogP) is 3.73. The highest BCUT2D eigenvalue weighted by molar-refractivity contribution is 9.10. The van der Waals surface area contributed by atoms with E-state index in [9.17, 15) is 0 Å². The standard InChI is InChI=1S/C15H16BrNO/c1-17-10-15(8-9-15)18-13-7-6-11-4-2-3-5-12(11)14(13)16/h2-7,17H,8-10H2,1H3. The smallest absolute Gasteiger partial charge is 0.135 e. The molecule has 94 valence electrons. The lowest BCUT2D eigenvalue weighted by molar-refractivity contribution is 0.177. The van der Waals surface area contributed by atoms with Crippen LogP contribution >= 0.6 is 15.9 Å². The Morgan fingerprint density at radius 1 is 1.22 bits per heavy atom. The fourth-order valence-electron chi connectivity index (χ4n) is 2.30. The van der Waals surface area contributed by atoms with Gasteiger partial charge in [0, 0.05) is 6.54 Å². The summed E-state index contributed by atoms with van der Waals surface area (Å²) in [6.45, 7) is 0.909. The van der Waals surface area contributed by atoms with Gasteiger partial charge in [-0.15, -0.1) is 0 Å². The first kappa shape index (κ1) is 12.0. The minimum atomic E-state index is 0.0136. The Morgan fingerprint density at radius 3 is 2.72 bits per heavy atom. The molecule has 2 aromatic carbocycles. The minimum Gasteiger partial charge on any atom is -0.485 e. The number of halogens is 1. The second kappa shape index (κ2) is 4.56. The molecule has 0 unspecified atom stereocenters. The molecule has 1 fully saturated rings. The third-order valence-corrected chi connectivity index (χ3v) is 4.28. The van der Waals surface area contributed by atoms with Crippen molar-refractivity contribution in [2.75, 3.05) is 13.6 Å². The maximum absolute atomic E-state index is 6.18. The summed E-state index contributed by atoms with van der Waals surface area (Å²) < 4.78 is 7.24. The first-order valence-electron chi connectivity index (χ1n) is 6.25. The van der Waals surface area contributed by atoms with Crippen molar-refractivity contribution in [1.29, 1.82) is 0 Å². The molecule has 0 atom stereocenters. The van der Waals surface area contributed by atoms with Crippen LogP contribution < -0.4 is 10.1 Å². The van der Waals surface area contributed by atoms with Crippen molar-refractivity contribution in [3.05, 3.63) is 40.9 Å². The van der Waals surface area contributed by atoms with Crippen molar-refractivity contribution in [1.82, 2.24) is 5.32 Å². The average Bonchev–Trinajstić information content (AvgIpc) is 3.14. The van der Waals surface area contributed by atoms with Gasteiger partial charge in [-0.2, -0.15) is 0 Å². The molecule has 0 saturated heterocycles. The lowest BCUT2D eigenvalue weighted by Crippen LogP contribution is -2.31. The first-order valence-corrected chi connectivity index (χ1v) is 7.04. The Bertz CT molecular complexity index is 578. The lowest BCUT2D eigenvalue weighted by Gasteiger charge is -2.19. The van der Waals surface area contributed by atoms with E-state index in [1.807, 2.05) is 7.05 Å². The van der Waals surface area contributed by atoms with Gasteiger partial charge >= 0.3 is 0 Å². The van der Waals surface area contributed by atoms with E-state index in [1.165, 1.54) is 10.8 Å². The van der Waals surface area contributed by atoms with Crippen molar-refractivity contribution in [2.24, 2.45) is 0 Å². The summed E-state index contributed by atoms with van der Waals surface area (Å²) in [6.07, 6.45) is 2.26. The highest BCUT2D eigenvalue weighted by Gasteiger charge is 2.45. The van der Waals surface area contributed by atoms with Crippen molar-refractivity contribution in [2.45, 2.75) is 18.4 Å². The zero-order valence-electron chi connectivity index (χ0n) is 10.4. The van der Waals surface area contributed by atoms with Gasteiger partial charge in [-0.1, -0.05) is 30.3 Å². The Hall–Kier alpha value is -1.06. The van der Waals surface area contributed by atoms with Crippen molar-refractivity contribution in [3.63, 3.8) is 0 Å². The Labute approximate surface area is 115 Å². The predicted molar refractivity (Wildman–Crippen MR) is 78.2 cm³/mol. The van der Waals surface area contributed by atoms with E-state index in [4.69, 9.17) is 4.74 Å². The molecule has 0 heterocycles. The molecule has 0 amide bonds. The van der Waals surface area contributed by atoms with Gasteiger partial charge in [0.25, 0.3) is 0 Å². The summed E-state index contributed by atoms with van der Waals surface area (Å²) in [6, 6.07) is 12.5. The number of rotatable bonds is 4. The Kier molecular flexibility index (Phi) is 3.04. The average molecular weight is 306 g/mol. The lowest BCUT2D eigenvalue weighted by atomic mass is 10.1. The first-order chi connectivity index (χ1) is 8.74. The fourth-order valence-corrected chi connectivity index (χ4v) is 2.88. The van der Waals surface area contributed by atoms with Crippen LogP contribution in [0, 0.1) is 0 Å². The van der Waals surface area contributed by atoms with Crippen LogP contribution in [0.5, 0.6) is 5.75 Å². The molecule has 1 N–H and O–H groups in total. The maximum atomic E-state index is 6.18. The van der Waals surface area contributed by atoms with Crippen molar-refractivity contribution < 1.29 is 4.74 Å². The topological polar surface area (TPSA) is 21.3 Å². The molecule has 0 aliphatic heterocycles. The highest BCUT2D eigenvalue weighted by atomic mass is 79.9. The molecule has 1 aliphatic carbocycles. The normalized spacial score (nSPS) is 16.8. The number of benzene rings is 2. The number of likely N-dealkylation sites (N-methyl/N-ethyl adjacent to an activating group) is 1. The number of hydrogen-bond donors (Lipinski definition) is 1. The van der Waals surface area contributed by atoms with Crippen molar-refractivity contribution in [3.8, 4) is 5.75 Å². The second-order valence-electron chi connectivity index (χ2n) is 4.91. The van der Waals surface area contributed by atoms with E-state index in [-0.39, 0.29) is 5.60 Å². The molecule has 0 aromatic heterocycles. The monoisotopic (exact) mass is 305 g/mol. The number of fused-ring (bicyclic) bond motifs is 1. The SMILES string of the molecule is CNCC1(Oc2ccc3ccccc3c2Br)CC1. The summed E-state index contributed by atoms with van der Waals surface area (Å²) in [7, 11) is 1.97. The zero-order chi connectivity index (χ0) is 12.6. The van der Waals surface area contributed by atoms with Crippen molar-refractivity contribution >= 4 is 26.7 Å². The molecule has 1 aliphatic rings. The van der Waals surface area contributed by atoms with Gasteiger partial charge in [0.1, 0.15) is 11.4 Å². The van der Waals surface area contributed by atoms with Gasteiger partial charge in [0.2, 0.25) is 0 Å². The molecule has 1 saturated carbocycles. The molecule has 0 spiro atoms. The maximum Gasteiger partial charge on any atom is 0.135 e. The van der Waals surface area contributed by atoms with E-state index >= 15 is 0 Å². The van der Waals surface area contributed by atoms with Gasteiger partial charge < -0.3 is 10.1 Å². The minimum absolute atomic E-state index is 0.0136. The summed E-state index contributed by atoms with van der Waals surface area (Å²) in [5.74, 6) is 0.946. The third kappa shape index (κ3) is 2.13. The van der Waals surface area contributed by atoms with E-state index < -0.39 is 0 Å². The van der Waals surface area contributed by atoms with E-state index in [1.54, 1.807) is 0 Å². The van der Waals surface area contributed by atoms with E-state index in [2.05, 4.69) is 57.6 Å². The molecule has 2 nitrogen and oxygen atoms in total. The Balaban J connectivity index is 1.95. The van der Waals surface area contributed by atoms with Crippen LogP contribution in [0.25, 0.3) is 10.8 Å². The molecular formula is C15H16BrNO. The highest BCUT2D eigenvalue weighted by Crippen LogP contribution is 2.43. The van der Waals surface area contributed by atoms with Gasteiger partial charge in [0.15, 0.2) is 0 Å². The fraction of sp³-hybridized carbons (Fsp3) is 0.333. The largest absolute Gasteiger partial charge is 0.485 e. The van der Waals surface area contributed by atoms with Gasteiger partial charge in [-0.3, -0.25) is 0 Å². The summed E-state index contributed by atoms with van der Waals surface area (Å²) in [5, 5.41) is 5.64. The molecule has 0 radical (unpaired) electrons. The summed E-state index contributed by atoms with van der Waals surface area (Å²) in [4.78, 5) is 0. The van der Waals surface area contributed by atoms with E-state index in [0.29, 0.717) is 0 Å². The molecule has 3 rings (SSSR count). The van der Waals surface area contributed by atoms with Crippen LogP contribution in [-0.2, 0) is 0 Å². The number of hydrogen-bond acceptors (Lipinski definition) is 2. The molecule has 18 heavy (non-hydrogen) atoms. The van der Waals surface area contributed by atoms with Crippen LogP contribution in [0.15, 0.2) is 40.9 Å². The van der Waals surface area contributed by atoms with Crippen LogP contribution in [-0.4, -0.2) is 19.2 Å². The summed E-state index contributed by atoms with van der Waals surface area (Å²) in [5.41, 5.74) is 0.0136. The molecular weight excluding hydrogens is 290 g/mol. The van der Waals surface area contributed by atoms with Gasteiger partial charge in [-0.25, -0.2) is 0 Å². The van der Waals surface area contributed by atoms with Crippen LogP contribution in [0.3, 0.4) is 0 Å². The number of ether oxygens (including phenoxy) is 1. The molecule has 0 bridgehead atoms. The summed E-state index contributed by atoms with van der Waals surface area (Å²) >= 11 is 3.67. The zero-order valence-corrected chi connectivity index (χ0v) is 12.0. The van der Waals surface area contributed by atoms with Crippen LogP contribution in [0.1, 0.15) is 12.8 Å². The van der Waals surface area contributed by atoms with Crippen LogP contribution in [0.2, 0.25) is 0 Å². The molecule has 3 heteroatoms. The second-order valence-corrected chi connectivity index (χ2v) is 5.71. The van der Waals surface area contributed by atoms with E-state index in [0.717, 1.165) is 29.6 Å². The number of nitrogens with one attached hydrogen (secondary N) is 1. The third-order valence-electron chi connectivity index (χ3n) is 3.46. The van der Waals surface area contributed by atoms with Gasteiger partial charge in [0.05, 0.1) is 4.47 Å². The quantitative estimate of drug-likeness (QED) is 0.929.